The van der Waals surface area contributed by atoms with Crippen LogP contribution in [0.15, 0.2) is 72.9 Å². The molecule has 0 amide bonds. The molecule has 94 heavy (non-hydrogen) atoms. The molecule has 0 aliphatic carbocycles. The highest BCUT2D eigenvalue weighted by atomic mass is 31.2. The fraction of sp³-hybridized carbons (Fsp3) is 0.787. The van der Waals surface area contributed by atoms with Gasteiger partial charge in [-0.3, -0.25) is 37.3 Å². The van der Waals surface area contributed by atoms with Crippen LogP contribution in [0.2, 0.25) is 0 Å². The van der Waals surface area contributed by atoms with Crippen LogP contribution in [-0.4, -0.2) is 96.7 Å². The lowest BCUT2D eigenvalue weighted by molar-refractivity contribution is -0.161. The molecule has 3 N–H and O–H groups in total. The van der Waals surface area contributed by atoms with E-state index in [1.807, 2.05) is 0 Å². The van der Waals surface area contributed by atoms with Gasteiger partial charge in [0, 0.05) is 25.7 Å². The Bertz CT molecular complexity index is 2070. The van der Waals surface area contributed by atoms with Crippen LogP contribution in [0, 0.1) is 0 Å². The van der Waals surface area contributed by atoms with Gasteiger partial charge in [-0.25, -0.2) is 9.13 Å². The number of rotatable bonds is 70. The maximum atomic E-state index is 13.0. The number of carbonyl (C=O) groups excluding carboxylic acids is 4. The maximum Gasteiger partial charge on any atom is 0.472 e. The molecular weight excluding hydrogens is 1230 g/mol. The first-order chi connectivity index (χ1) is 45.7. The summed E-state index contributed by atoms with van der Waals surface area (Å²) in [6.45, 7) is 4.64. The third kappa shape index (κ3) is 67.1. The average Bonchev–Trinajstić information content (AvgIpc) is 1.55. The number of phosphoric ester groups is 2. The van der Waals surface area contributed by atoms with Gasteiger partial charge in [-0.2, -0.15) is 0 Å². The van der Waals surface area contributed by atoms with Crippen LogP contribution >= 0.6 is 15.6 Å². The van der Waals surface area contributed by atoms with E-state index in [1.165, 1.54) is 83.5 Å². The van der Waals surface area contributed by atoms with E-state index in [0.717, 1.165) is 161 Å². The fourth-order valence-corrected chi connectivity index (χ4v) is 11.5. The molecule has 0 fully saturated rings. The number of hydrogen-bond donors (Lipinski definition) is 3. The second-order valence-corrected chi connectivity index (χ2v) is 27.8. The van der Waals surface area contributed by atoms with Crippen molar-refractivity contribution in [2.24, 2.45) is 0 Å². The summed E-state index contributed by atoms with van der Waals surface area (Å²) in [4.78, 5) is 72.7. The smallest absolute Gasteiger partial charge is 0.462 e. The summed E-state index contributed by atoms with van der Waals surface area (Å²) < 4.78 is 68.3. The Morgan fingerprint density at radius 1 is 0.309 bits per heavy atom. The quantitative estimate of drug-likeness (QED) is 0.0169. The number of esters is 4. The van der Waals surface area contributed by atoms with Crippen molar-refractivity contribution < 1.29 is 80.2 Å². The fourth-order valence-electron chi connectivity index (χ4n) is 9.96. The number of aliphatic hydroxyl groups excluding tert-OH is 1. The van der Waals surface area contributed by atoms with Gasteiger partial charge >= 0.3 is 39.5 Å². The Balaban J connectivity index is 5.31. The van der Waals surface area contributed by atoms with Gasteiger partial charge in [0.2, 0.25) is 0 Å². The lowest BCUT2D eigenvalue weighted by atomic mass is 10.0. The molecule has 0 aliphatic rings. The summed E-state index contributed by atoms with van der Waals surface area (Å²) in [7, 11) is -9.94. The summed E-state index contributed by atoms with van der Waals surface area (Å²) >= 11 is 0. The second-order valence-electron chi connectivity index (χ2n) is 24.9. The van der Waals surface area contributed by atoms with Gasteiger partial charge in [0.15, 0.2) is 12.2 Å². The van der Waals surface area contributed by atoms with Crippen molar-refractivity contribution in [3.8, 4) is 0 Å². The van der Waals surface area contributed by atoms with Gasteiger partial charge in [-0.15, -0.1) is 0 Å². The predicted octanol–water partition coefficient (Wildman–Crippen LogP) is 20.9. The molecule has 5 unspecified atom stereocenters. The van der Waals surface area contributed by atoms with Crippen LogP contribution in [0.3, 0.4) is 0 Å². The topological polar surface area (TPSA) is 237 Å². The number of ether oxygens (including phenoxy) is 4. The lowest BCUT2D eigenvalue weighted by Gasteiger charge is -2.21. The van der Waals surface area contributed by atoms with E-state index in [0.29, 0.717) is 25.7 Å². The molecule has 0 aromatic carbocycles. The van der Waals surface area contributed by atoms with E-state index in [9.17, 15) is 43.2 Å². The summed E-state index contributed by atoms with van der Waals surface area (Å²) in [5.74, 6) is -2.20. The monoisotopic (exact) mass is 1370 g/mol. The molecule has 5 atom stereocenters. The molecule has 0 aromatic heterocycles. The van der Waals surface area contributed by atoms with E-state index in [1.54, 1.807) is 0 Å². The molecule has 0 saturated carbocycles. The molecule has 0 spiro atoms. The first-order valence-electron chi connectivity index (χ1n) is 37.2. The van der Waals surface area contributed by atoms with Gasteiger partial charge < -0.3 is 33.8 Å². The van der Waals surface area contributed by atoms with Crippen LogP contribution in [0.5, 0.6) is 0 Å². The molecule has 546 valence electrons. The van der Waals surface area contributed by atoms with Crippen LogP contribution in [0.4, 0.5) is 0 Å². The van der Waals surface area contributed by atoms with E-state index in [4.69, 9.17) is 37.0 Å². The van der Waals surface area contributed by atoms with Crippen LogP contribution < -0.4 is 0 Å². The molecule has 0 radical (unpaired) electrons. The second kappa shape index (κ2) is 68.0. The molecule has 17 nitrogen and oxygen atoms in total. The molecule has 0 aliphatic heterocycles. The van der Waals surface area contributed by atoms with Crippen molar-refractivity contribution in [2.75, 3.05) is 39.6 Å². The summed E-state index contributed by atoms with van der Waals surface area (Å²) in [5, 5.41) is 10.6. The number of aliphatic hydroxyl groups is 1. The predicted molar refractivity (Wildman–Crippen MR) is 381 cm³/mol. The standard InChI is InChI=1S/C75H134O17P2/c1-5-9-13-17-21-25-29-32-34-37-40-43-47-51-55-59-72(77)85-65-70(91-74(79)61-57-53-49-45-39-28-24-20-16-12-8-4)67-89-93(81,82)87-63-69(76)64-88-94(83,84)90-68-71(92-75(80)62-58-54-50-46-42-36-31-27-23-19-15-11-7-3)66-86-73(78)60-56-52-48-44-41-38-35-33-30-26-22-18-14-10-6-2/h10,14-15,19-20,22,24,26-27,31,33,35,69-71,76H,5-9,11-13,16-18,21,23,25,28-30,32,34,36-68H2,1-4H3,(H,81,82)(H,83,84)/b14-10-,19-15-,24-20-,26-22-,31-27-,35-33-. The Labute approximate surface area is 571 Å². The van der Waals surface area contributed by atoms with Crippen molar-refractivity contribution in [3.63, 3.8) is 0 Å². The van der Waals surface area contributed by atoms with E-state index in [-0.39, 0.29) is 25.7 Å². The molecule has 0 heterocycles. The highest BCUT2D eigenvalue weighted by molar-refractivity contribution is 7.47. The van der Waals surface area contributed by atoms with Crippen molar-refractivity contribution in [2.45, 2.75) is 341 Å². The lowest BCUT2D eigenvalue weighted by Crippen LogP contribution is -2.30. The van der Waals surface area contributed by atoms with Crippen molar-refractivity contribution in [1.29, 1.82) is 0 Å². The molecule has 0 aromatic rings. The Hall–Kier alpha value is -3.50. The van der Waals surface area contributed by atoms with Gasteiger partial charge in [0.05, 0.1) is 26.4 Å². The van der Waals surface area contributed by atoms with Gasteiger partial charge in [-0.05, 0) is 103 Å². The molecule has 0 rings (SSSR count). The minimum absolute atomic E-state index is 0.0764. The third-order valence-electron chi connectivity index (χ3n) is 15.6. The van der Waals surface area contributed by atoms with Crippen LogP contribution in [0.25, 0.3) is 0 Å². The van der Waals surface area contributed by atoms with Crippen molar-refractivity contribution >= 4 is 39.5 Å². The number of hydrogen-bond acceptors (Lipinski definition) is 15. The number of carbonyl (C=O) groups is 4. The zero-order valence-electron chi connectivity index (χ0n) is 59.4. The Morgan fingerprint density at radius 3 is 0.936 bits per heavy atom. The highest BCUT2D eigenvalue weighted by Gasteiger charge is 2.30. The average molecular weight is 1370 g/mol. The minimum Gasteiger partial charge on any atom is -0.462 e. The zero-order valence-corrected chi connectivity index (χ0v) is 61.2. The van der Waals surface area contributed by atoms with E-state index >= 15 is 0 Å². The van der Waals surface area contributed by atoms with Crippen molar-refractivity contribution in [3.05, 3.63) is 72.9 Å². The Morgan fingerprint density at radius 2 is 0.585 bits per heavy atom. The number of phosphoric acid groups is 2. The minimum atomic E-state index is -4.97. The van der Waals surface area contributed by atoms with Crippen LogP contribution in [-0.2, 0) is 65.4 Å². The summed E-state index contributed by atoms with van der Waals surface area (Å²) in [6, 6.07) is 0. The van der Waals surface area contributed by atoms with Gasteiger partial charge in [0.25, 0.3) is 0 Å². The molecule has 0 saturated heterocycles. The normalized spacial score (nSPS) is 14.4. The van der Waals surface area contributed by atoms with E-state index < -0.39 is 97.5 Å². The molecule has 0 bridgehead atoms. The van der Waals surface area contributed by atoms with Crippen molar-refractivity contribution in [1.82, 2.24) is 0 Å². The first-order valence-corrected chi connectivity index (χ1v) is 40.2. The zero-order chi connectivity index (χ0) is 69.0. The summed E-state index contributed by atoms with van der Waals surface area (Å²) in [6.07, 6.45) is 66.2. The molecular formula is C75H134O17P2. The first kappa shape index (κ1) is 90.5. The number of allylic oxidation sites excluding steroid dienone is 12. The molecule has 19 heteroatoms. The third-order valence-corrected chi connectivity index (χ3v) is 17.5. The highest BCUT2D eigenvalue weighted by Crippen LogP contribution is 2.45. The number of unbranched alkanes of at least 4 members (excludes halogenated alkanes) is 32. The largest absolute Gasteiger partial charge is 0.472 e. The SMILES string of the molecule is CC/C=C\C/C=C\C/C=C\CCCCCCCC(=O)OCC(COP(=O)(O)OCC(O)COP(=O)(O)OCC(COC(=O)CCCCCCCCCCCCCCCCC)OC(=O)CCCCCCC/C=C\CCCC)OC(=O)CCCCCCC/C=C\C/C=C\CCC. The Kier molecular flexibility index (Phi) is 65.5. The van der Waals surface area contributed by atoms with Gasteiger partial charge in [-0.1, -0.05) is 268 Å². The maximum absolute atomic E-state index is 13.0. The summed E-state index contributed by atoms with van der Waals surface area (Å²) in [5.41, 5.74) is 0. The van der Waals surface area contributed by atoms with Crippen LogP contribution in [0.1, 0.15) is 323 Å². The van der Waals surface area contributed by atoms with E-state index in [2.05, 4.69) is 101 Å². The van der Waals surface area contributed by atoms with Gasteiger partial charge in [0.1, 0.15) is 19.3 Å².